The molecule has 2 fully saturated rings. The normalized spacial score (nSPS) is 21.6. The number of halogens is 3. The van der Waals surface area contributed by atoms with Crippen molar-refractivity contribution in [2.24, 2.45) is 0 Å². The fourth-order valence-electron chi connectivity index (χ4n) is 4.62. The number of hydrogen-bond donors (Lipinski definition) is 0. The Morgan fingerprint density at radius 3 is 2.42 bits per heavy atom. The molecule has 2 heterocycles. The Balaban J connectivity index is 1.28. The SMILES string of the molecule is FC(F)(F)c1cccc(N2CCN(C3CCCN(C/C=C/c4ccccc4)C3)CC2)c1. The van der Waals surface area contributed by atoms with Crippen LogP contribution in [0.15, 0.2) is 60.7 Å². The van der Waals surface area contributed by atoms with Gasteiger partial charge in [0.2, 0.25) is 0 Å². The Morgan fingerprint density at radius 2 is 1.68 bits per heavy atom. The van der Waals surface area contributed by atoms with Crippen LogP contribution in [-0.2, 0) is 6.18 Å². The van der Waals surface area contributed by atoms with Crippen molar-refractivity contribution >= 4 is 11.8 Å². The van der Waals surface area contributed by atoms with E-state index in [1.807, 2.05) is 6.07 Å². The smallest absolute Gasteiger partial charge is 0.369 e. The monoisotopic (exact) mass is 429 g/mol. The van der Waals surface area contributed by atoms with Gasteiger partial charge in [-0.25, -0.2) is 0 Å². The zero-order chi connectivity index (χ0) is 21.7. The molecule has 2 aliphatic heterocycles. The fraction of sp³-hybridized carbons (Fsp3) is 0.440. The van der Waals surface area contributed by atoms with Gasteiger partial charge in [-0.1, -0.05) is 48.6 Å². The summed E-state index contributed by atoms with van der Waals surface area (Å²) in [5.74, 6) is 0. The van der Waals surface area contributed by atoms with E-state index >= 15 is 0 Å². The molecule has 31 heavy (non-hydrogen) atoms. The van der Waals surface area contributed by atoms with Gasteiger partial charge >= 0.3 is 6.18 Å². The van der Waals surface area contributed by atoms with Gasteiger partial charge in [0.25, 0.3) is 0 Å². The quantitative estimate of drug-likeness (QED) is 0.662. The van der Waals surface area contributed by atoms with Crippen molar-refractivity contribution in [2.75, 3.05) is 50.7 Å². The number of anilines is 1. The summed E-state index contributed by atoms with van der Waals surface area (Å²) in [6, 6.07) is 16.6. The van der Waals surface area contributed by atoms with E-state index in [-0.39, 0.29) is 0 Å². The van der Waals surface area contributed by atoms with Crippen LogP contribution in [0.1, 0.15) is 24.0 Å². The lowest BCUT2D eigenvalue weighted by Gasteiger charge is -2.44. The van der Waals surface area contributed by atoms with Gasteiger partial charge in [-0.15, -0.1) is 0 Å². The lowest BCUT2D eigenvalue weighted by atomic mass is 10.0. The fourth-order valence-corrected chi connectivity index (χ4v) is 4.62. The van der Waals surface area contributed by atoms with Crippen LogP contribution in [0.2, 0.25) is 0 Å². The maximum absolute atomic E-state index is 13.0. The summed E-state index contributed by atoms with van der Waals surface area (Å²) in [5, 5.41) is 0. The Bertz CT molecular complexity index is 858. The zero-order valence-corrected chi connectivity index (χ0v) is 17.8. The molecule has 0 spiro atoms. The Labute approximate surface area is 182 Å². The van der Waals surface area contributed by atoms with Crippen molar-refractivity contribution in [1.29, 1.82) is 0 Å². The van der Waals surface area contributed by atoms with E-state index in [4.69, 9.17) is 0 Å². The summed E-state index contributed by atoms with van der Waals surface area (Å²) in [6.45, 7) is 6.47. The minimum Gasteiger partial charge on any atom is -0.369 e. The number of nitrogens with zero attached hydrogens (tertiary/aromatic N) is 3. The lowest BCUT2D eigenvalue weighted by Crippen LogP contribution is -2.55. The van der Waals surface area contributed by atoms with Crippen molar-refractivity contribution in [3.05, 3.63) is 71.8 Å². The van der Waals surface area contributed by atoms with Crippen LogP contribution in [-0.4, -0.2) is 61.7 Å². The predicted molar refractivity (Wildman–Crippen MR) is 120 cm³/mol. The molecule has 1 atom stereocenters. The minimum atomic E-state index is -4.29. The molecule has 1 unspecified atom stereocenters. The lowest BCUT2D eigenvalue weighted by molar-refractivity contribution is -0.137. The van der Waals surface area contributed by atoms with E-state index in [0.29, 0.717) is 11.7 Å². The molecule has 0 amide bonds. The Morgan fingerprint density at radius 1 is 0.903 bits per heavy atom. The van der Waals surface area contributed by atoms with Crippen LogP contribution in [0, 0.1) is 0 Å². The topological polar surface area (TPSA) is 9.72 Å². The molecular weight excluding hydrogens is 399 g/mol. The standard InChI is InChI=1S/C25H30F3N3/c26-25(27,28)22-10-4-11-23(19-22)30-15-17-31(18-16-30)24-12-6-14-29(20-24)13-5-9-21-7-2-1-3-8-21/h1-5,7-11,19,24H,6,12-18,20H2/b9-5+. The molecule has 4 rings (SSSR count). The van der Waals surface area contributed by atoms with Crippen LogP contribution >= 0.6 is 0 Å². The number of likely N-dealkylation sites (tertiary alicyclic amines) is 1. The summed E-state index contributed by atoms with van der Waals surface area (Å²) >= 11 is 0. The van der Waals surface area contributed by atoms with E-state index < -0.39 is 11.7 Å². The van der Waals surface area contributed by atoms with Crippen molar-refractivity contribution < 1.29 is 13.2 Å². The zero-order valence-electron chi connectivity index (χ0n) is 17.8. The van der Waals surface area contributed by atoms with Gasteiger partial charge < -0.3 is 4.90 Å². The highest BCUT2D eigenvalue weighted by molar-refractivity contribution is 5.50. The summed E-state index contributed by atoms with van der Waals surface area (Å²) in [5.41, 5.74) is 1.33. The first kappa shape index (κ1) is 21.9. The number of benzene rings is 2. The van der Waals surface area contributed by atoms with Crippen molar-refractivity contribution in [3.8, 4) is 0 Å². The highest BCUT2D eigenvalue weighted by Gasteiger charge is 2.32. The van der Waals surface area contributed by atoms with E-state index in [0.717, 1.165) is 51.9 Å². The molecule has 3 nitrogen and oxygen atoms in total. The molecule has 2 aliphatic rings. The molecule has 0 aromatic heterocycles. The molecule has 2 saturated heterocycles. The molecule has 0 N–H and O–H groups in total. The van der Waals surface area contributed by atoms with Crippen molar-refractivity contribution in [2.45, 2.75) is 25.1 Å². The number of piperidine rings is 1. The summed E-state index contributed by atoms with van der Waals surface area (Å²) in [6.07, 6.45) is 2.51. The maximum atomic E-state index is 13.0. The molecule has 0 saturated carbocycles. The number of piperazine rings is 1. The average Bonchev–Trinajstić information content (AvgIpc) is 2.80. The predicted octanol–water partition coefficient (Wildman–Crippen LogP) is 5.01. The molecule has 0 aliphatic carbocycles. The van der Waals surface area contributed by atoms with Gasteiger partial charge in [0, 0.05) is 51.0 Å². The van der Waals surface area contributed by atoms with E-state index in [2.05, 4.69) is 51.1 Å². The summed E-state index contributed by atoms with van der Waals surface area (Å²) in [4.78, 5) is 7.11. The first-order valence-electron chi connectivity index (χ1n) is 11.1. The second kappa shape index (κ2) is 9.88. The second-order valence-electron chi connectivity index (χ2n) is 8.44. The van der Waals surface area contributed by atoms with Crippen LogP contribution in [0.5, 0.6) is 0 Å². The molecule has 2 aromatic carbocycles. The van der Waals surface area contributed by atoms with Crippen LogP contribution in [0.25, 0.3) is 6.08 Å². The third-order valence-electron chi connectivity index (χ3n) is 6.32. The van der Waals surface area contributed by atoms with E-state index in [1.165, 1.54) is 30.5 Å². The van der Waals surface area contributed by atoms with Gasteiger partial charge in [-0.3, -0.25) is 9.80 Å². The molecule has 0 bridgehead atoms. The molecule has 6 heteroatoms. The molecule has 2 aromatic rings. The van der Waals surface area contributed by atoms with Gasteiger partial charge in [0.15, 0.2) is 0 Å². The number of rotatable bonds is 5. The van der Waals surface area contributed by atoms with Gasteiger partial charge in [-0.05, 0) is 43.1 Å². The highest BCUT2D eigenvalue weighted by Crippen LogP contribution is 2.32. The highest BCUT2D eigenvalue weighted by atomic mass is 19.4. The maximum Gasteiger partial charge on any atom is 0.416 e. The van der Waals surface area contributed by atoms with Crippen molar-refractivity contribution in [3.63, 3.8) is 0 Å². The minimum absolute atomic E-state index is 0.530. The van der Waals surface area contributed by atoms with Gasteiger partial charge in [-0.2, -0.15) is 13.2 Å². The Kier molecular flexibility index (Phi) is 6.98. The first-order chi connectivity index (χ1) is 15.0. The molecule has 0 radical (unpaired) electrons. The number of alkyl halides is 3. The Hall–Kier alpha value is -2.31. The van der Waals surface area contributed by atoms with Crippen LogP contribution in [0.3, 0.4) is 0 Å². The molecular formula is C25H30F3N3. The third-order valence-corrected chi connectivity index (χ3v) is 6.32. The molecule has 166 valence electrons. The van der Waals surface area contributed by atoms with Gasteiger partial charge in [0.05, 0.1) is 5.56 Å². The first-order valence-corrected chi connectivity index (χ1v) is 11.1. The average molecular weight is 430 g/mol. The van der Waals surface area contributed by atoms with Crippen LogP contribution < -0.4 is 4.90 Å². The largest absolute Gasteiger partial charge is 0.416 e. The number of hydrogen-bond acceptors (Lipinski definition) is 3. The van der Waals surface area contributed by atoms with E-state index in [9.17, 15) is 13.2 Å². The summed E-state index contributed by atoms with van der Waals surface area (Å²) < 4.78 is 39.1. The van der Waals surface area contributed by atoms with Gasteiger partial charge in [0.1, 0.15) is 0 Å². The van der Waals surface area contributed by atoms with E-state index in [1.54, 1.807) is 6.07 Å². The third kappa shape index (κ3) is 5.89. The summed E-state index contributed by atoms with van der Waals surface area (Å²) in [7, 11) is 0. The van der Waals surface area contributed by atoms with Crippen molar-refractivity contribution in [1.82, 2.24) is 9.80 Å². The van der Waals surface area contributed by atoms with Crippen LogP contribution in [0.4, 0.5) is 18.9 Å². The second-order valence-corrected chi connectivity index (χ2v) is 8.44.